The van der Waals surface area contributed by atoms with E-state index >= 15 is 0 Å². The normalized spacial score (nSPS) is 15.8. The number of hydrogen-bond acceptors (Lipinski definition) is 4. The lowest BCUT2D eigenvalue weighted by molar-refractivity contribution is -0.144. The first-order chi connectivity index (χ1) is 7.65. The molecule has 5 nitrogen and oxygen atoms in total. The summed E-state index contributed by atoms with van der Waals surface area (Å²) < 4.78 is 23.1. The van der Waals surface area contributed by atoms with E-state index in [9.17, 15) is 13.2 Å². The van der Waals surface area contributed by atoms with E-state index in [1.807, 2.05) is 6.92 Å². The SMILES string of the molecule is CCCC(C)(NCCS(=O)(=O)C(C)C)C(=O)O. The van der Waals surface area contributed by atoms with Gasteiger partial charge in [0.05, 0.1) is 11.0 Å². The molecule has 17 heavy (non-hydrogen) atoms. The van der Waals surface area contributed by atoms with Crippen molar-refractivity contribution in [2.45, 2.75) is 51.3 Å². The number of hydrogen-bond donors (Lipinski definition) is 2. The van der Waals surface area contributed by atoms with Gasteiger partial charge in [0.25, 0.3) is 0 Å². The number of aliphatic carboxylic acids is 1. The number of sulfone groups is 1. The zero-order valence-corrected chi connectivity index (χ0v) is 11.8. The van der Waals surface area contributed by atoms with Crippen LogP contribution in [0.1, 0.15) is 40.5 Å². The van der Waals surface area contributed by atoms with Crippen molar-refractivity contribution in [3.63, 3.8) is 0 Å². The molecule has 6 heteroatoms. The van der Waals surface area contributed by atoms with E-state index in [1.54, 1.807) is 20.8 Å². The summed E-state index contributed by atoms with van der Waals surface area (Å²) in [4.78, 5) is 11.1. The van der Waals surface area contributed by atoms with Crippen LogP contribution < -0.4 is 5.32 Å². The van der Waals surface area contributed by atoms with E-state index in [0.717, 1.165) is 6.42 Å². The van der Waals surface area contributed by atoms with E-state index in [4.69, 9.17) is 5.11 Å². The molecule has 0 bridgehead atoms. The monoisotopic (exact) mass is 265 g/mol. The van der Waals surface area contributed by atoms with Crippen molar-refractivity contribution in [3.8, 4) is 0 Å². The smallest absolute Gasteiger partial charge is 0.323 e. The van der Waals surface area contributed by atoms with Gasteiger partial charge in [-0.1, -0.05) is 13.3 Å². The van der Waals surface area contributed by atoms with Gasteiger partial charge in [-0.05, 0) is 27.2 Å². The number of carbonyl (C=O) groups is 1. The molecule has 0 radical (unpaired) electrons. The molecule has 0 heterocycles. The van der Waals surface area contributed by atoms with Crippen LogP contribution in [0.15, 0.2) is 0 Å². The average Bonchev–Trinajstić information content (AvgIpc) is 2.17. The summed E-state index contributed by atoms with van der Waals surface area (Å²) >= 11 is 0. The summed E-state index contributed by atoms with van der Waals surface area (Å²) in [6, 6.07) is 0. The second-order valence-corrected chi connectivity index (χ2v) is 7.41. The minimum absolute atomic E-state index is 0.0305. The minimum Gasteiger partial charge on any atom is -0.480 e. The molecule has 0 aliphatic carbocycles. The molecule has 0 aromatic carbocycles. The van der Waals surface area contributed by atoms with Crippen LogP contribution in [0.3, 0.4) is 0 Å². The molecule has 0 rings (SSSR count). The molecule has 0 aromatic rings. The van der Waals surface area contributed by atoms with Crippen molar-refractivity contribution in [2.24, 2.45) is 0 Å². The molecule has 0 amide bonds. The van der Waals surface area contributed by atoms with Gasteiger partial charge >= 0.3 is 5.97 Å². The predicted octanol–water partition coefficient (Wildman–Crippen LogP) is 1.04. The van der Waals surface area contributed by atoms with E-state index < -0.39 is 26.6 Å². The summed E-state index contributed by atoms with van der Waals surface area (Å²) in [6.07, 6.45) is 1.21. The Morgan fingerprint density at radius 3 is 2.29 bits per heavy atom. The van der Waals surface area contributed by atoms with E-state index in [-0.39, 0.29) is 12.3 Å². The van der Waals surface area contributed by atoms with Gasteiger partial charge in [-0.15, -0.1) is 0 Å². The van der Waals surface area contributed by atoms with E-state index in [2.05, 4.69) is 5.32 Å². The standard InChI is InChI=1S/C11H23NO4S/c1-5-6-11(4,10(13)14)12-7-8-17(15,16)9(2)3/h9,12H,5-8H2,1-4H3,(H,13,14). The molecule has 0 aliphatic heterocycles. The Morgan fingerprint density at radius 1 is 1.41 bits per heavy atom. The third kappa shape index (κ3) is 5.04. The molecule has 1 atom stereocenters. The fourth-order valence-electron chi connectivity index (χ4n) is 1.48. The van der Waals surface area contributed by atoms with Gasteiger partial charge in [0.1, 0.15) is 5.54 Å². The first-order valence-electron chi connectivity index (χ1n) is 5.85. The molecule has 1 unspecified atom stereocenters. The van der Waals surface area contributed by atoms with Crippen LogP contribution in [0.5, 0.6) is 0 Å². The Hall–Kier alpha value is -0.620. The van der Waals surface area contributed by atoms with Crippen LogP contribution in [0, 0.1) is 0 Å². The lowest BCUT2D eigenvalue weighted by Crippen LogP contribution is -2.51. The van der Waals surface area contributed by atoms with Crippen molar-refractivity contribution in [1.29, 1.82) is 0 Å². The third-order valence-corrected chi connectivity index (χ3v) is 5.05. The molecule has 0 saturated carbocycles. The van der Waals surface area contributed by atoms with Crippen molar-refractivity contribution in [2.75, 3.05) is 12.3 Å². The molecule has 0 aromatic heterocycles. The van der Waals surface area contributed by atoms with Gasteiger partial charge in [0.15, 0.2) is 9.84 Å². The quantitative estimate of drug-likeness (QED) is 0.685. The molecular formula is C11H23NO4S. The van der Waals surface area contributed by atoms with Gasteiger partial charge in [-0.3, -0.25) is 4.79 Å². The maximum absolute atomic E-state index is 11.6. The van der Waals surface area contributed by atoms with Gasteiger partial charge in [0.2, 0.25) is 0 Å². The maximum Gasteiger partial charge on any atom is 0.323 e. The van der Waals surface area contributed by atoms with Crippen LogP contribution in [0.2, 0.25) is 0 Å². The maximum atomic E-state index is 11.6. The van der Waals surface area contributed by atoms with Crippen molar-refractivity contribution in [3.05, 3.63) is 0 Å². The van der Waals surface area contributed by atoms with Crippen LogP contribution in [0.4, 0.5) is 0 Å². The molecule has 0 aliphatic rings. The molecule has 102 valence electrons. The largest absolute Gasteiger partial charge is 0.480 e. The number of carboxylic acid groups (broad SMARTS) is 1. The van der Waals surface area contributed by atoms with Crippen LogP contribution >= 0.6 is 0 Å². The van der Waals surface area contributed by atoms with Crippen LogP contribution in [0.25, 0.3) is 0 Å². The average molecular weight is 265 g/mol. The number of rotatable bonds is 8. The summed E-state index contributed by atoms with van der Waals surface area (Å²) in [5.41, 5.74) is -1.04. The minimum atomic E-state index is -3.12. The zero-order chi connectivity index (χ0) is 13.7. The summed E-state index contributed by atoms with van der Waals surface area (Å²) in [7, 11) is -3.12. The highest BCUT2D eigenvalue weighted by Crippen LogP contribution is 2.12. The number of carboxylic acids is 1. The van der Waals surface area contributed by atoms with E-state index in [0.29, 0.717) is 6.42 Å². The first-order valence-corrected chi connectivity index (χ1v) is 7.57. The summed E-state index contributed by atoms with van der Waals surface area (Å²) in [5, 5.41) is 11.5. The zero-order valence-electron chi connectivity index (χ0n) is 11.0. The molecule has 0 fully saturated rings. The molecule has 0 saturated heterocycles. The Balaban J connectivity index is 4.40. The molecular weight excluding hydrogens is 242 g/mol. The highest BCUT2D eigenvalue weighted by Gasteiger charge is 2.31. The fourth-order valence-corrected chi connectivity index (χ4v) is 2.33. The van der Waals surface area contributed by atoms with Crippen LogP contribution in [-0.2, 0) is 14.6 Å². The Morgan fingerprint density at radius 2 is 1.94 bits per heavy atom. The Kier molecular flexibility index (Phi) is 6.12. The van der Waals surface area contributed by atoms with Gasteiger partial charge in [0, 0.05) is 6.54 Å². The fraction of sp³-hybridized carbons (Fsp3) is 0.909. The topological polar surface area (TPSA) is 83.5 Å². The van der Waals surface area contributed by atoms with Gasteiger partial charge in [-0.2, -0.15) is 0 Å². The van der Waals surface area contributed by atoms with E-state index in [1.165, 1.54) is 0 Å². The Bertz CT molecular complexity index is 350. The van der Waals surface area contributed by atoms with Gasteiger partial charge in [-0.25, -0.2) is 8.42 Å². The van der Waals surface area contributed by atoms with Crippen molar-refractivity contribution in [1.82, 2.24) is 5.32 Å². The Labute approximate surface area is 104 Å². The first kappa shape index (κ1) is 16.4. The predicted molar refractivity (Wildman–Crippen MR) is 67.9 cm³/mol. The second kappa shape index (κ2) is 6.35. The lowest BCUT2D eigenvalue weighted by atomic mass is 9.96. The molecule has 2 N–H and O–H groups in total. The highest BCUT2D eigenvalue weighted by molar-refractivity contribution is 7.92. The van der Waals surface area contributed by atoms with Crippen LogP contribution in [-0.4, -0.2) is 42.6 Å². The summed E-state index contributed by atoms with van der Waals surface area (Å²) in [6.45, 7) is 6.90. The lowest BCUT2D eigenvalue weighted by Gasteiger charge is -2.26. The van der Waals surface area contributed by atoms with Gasteiger partial charge < -0.3 is 10.4 Å². The summed E-state index contributed by atoms with van der Waals surface area (Å²) in [5.74, 6) is -0.974. The van der Waals surface area contributed by atoms with Crippen molar-refractivity contribution >= 4 is 15.8 Å². The number of nitrogens with one attached hydrogen (secondary N) is 1. The third-order valence-electron chi connectivity index (χ3n) is 2.84. The molecule has 0 spiro atoms. The highest BCUT2D eigenvalue weighted by atomic mass is 32.2. The second-order valence-electron chi connectivity index (χ2n) is 4.73. The van der Waals surface area contributed by atoms with Crippen molar-refractivity contribution < 1.29 is 18.3 Å².